The second kappa shape index (κ2) is 6.74. The largest absolute Gasteiger partial charge is 0.352 e. The summed E-state index contributed by atoms with van der Waals surface area (Å²) in [4.78, 5) is 14.8. The third-order valence-corrected chi connectivity index (χ3v) is 6.00. The van der Waals surface area contributed by atoms with Gasteiger partial charge in [-0.25, -0.2) is 8.42 Å². The molecule has 0 aliphatic carbocycles. The SMILES string of the molecule is O=C(NCCS(=O)(=O)N1CCc2ccccc21)c1ccc[nH]c1=S. The van der Waals surface area contributed by atoms with Crippen molar-refractivity contribution in [2.45, 2.75) is 6.42 Å². The highest BCUT2D eigenvalue weighted by atomic mass is 32.2. The van der Waals surface area contributed by atoms with Gasteiger partial charge >= 0.3 is 0 Å². The van der Waals surface area contributed by atoms with Crippen LogP contribution in [0, 0.1) is 4.64 Å². The molecule has 1 aromatic carbocycles. The van der Waals surface area contributed by atoms with Gasteiger partial charge in [-0.05, 0) is 30.2 Å². The minimum absolute atomic E-state index is 0.0313. The monoisotopic (exact) mass is 363 g/mol. The maximum atomic E-state index is 12.5. The number of pyridine rings is 1. The Morgan fingerprint density at radius 3 is 2.83 bits per heavy atom. The predicted molar refractivity (Wildman–Crippen MR) is 95.2 cm³/mol. The number of amides is 1. The molecule has 0 atom stereocenters. The lowest BCUT2D eigenvalue weighted by Gasteiger charge is -2.19. The van der Waals surface area contributed by atoms with E-state index in [0.29, 0.717) is 23.2 Å². The fraction of sp³-hybridized carbons (Fsp3) is 0.250. The normalized spacial score (nSPS) is 13.6. The van der Waals surface area contributed by atoms with Gasteiger partial charge in [0.25, 0.3) is 5.91 Å². The average Bonchev–Trinajstić information content (AvgIpc) is 3.00. The van der Waals surface area contributed by atoms with Crippen LogP contribution in [0.5, 0.6) is 0 Å². The van der Waals surface area contributed by atoms with Crippen LogP contribution in [0.1, 0.15) is 15.9 Å². The Bertz CT molecular complexity index is 922. The maximum absolute atomic E-state index is 12.5. The van der Waals surface area contributed by atoms with E-state index in [1.807, 2.05) is 24.3 Å². The summed E-state index contributed by atoms with van der Waals surface area (Å²) in [7, 11) is -3.48. The molecule has 0 fully saturated rings. The highest BCUT2D eigenvalue weighted by Crippen LogP contribution is 2.29. The second-order valence-corrected chi connectivity index (χ2v) is 7.86. The standard InChI is InChI=1S/C16H17N3O3S2/c20-15(13-5-3-8-18-16(13)23)17-9-11-24(21,22)19-10-7-12-4-1-2-6-14(12)19/h1-6,8H,7,9-11H2,(H,17,20)(H,18,23). The Labute approximate surface area is 145 Å². The molecule has 0 bridgehead atoms. The van der Waals surface area contributed by atoms with Crippen LogP contribution in [0.2, 0.25) is 0 Å². The number of nitrogens with one attached hydrogen (secondary N) is 2. The molecule has 126 valence electrons. The van der Waals surface area contributed by atoms with E-state index in [2.05, 4.69) is 10.3 Å². The number of hydrogen-bond acceptors (Lipinski definition) is 4. The van der Waals surface area contributed by atoms with Gasteiger partial charge in [0.2, 0.25) is 10.0 Å². The van der Waals surface area contributed by atoms with E-state index in [0.717, 1.165) is 11.3 Å². The number of aromatic nitrogens is 1. The zero-order chi connectivity index (χ0) is 17.2. The highest BCUT2D eigenvalue weighted by Gasteiger charge is 2.28. The van der Waals surface area contributed by atoms with Gasteiger partial charge in [0.15, 0.2) is 0 Å². The summed E-state index contributed by atoms with van der Waals surface area (Å²) < 4.78 is 26.8. The molecule has 8 heteroatoms. The molecule has 0 spiro atoms. The molecule has 2 aromatic rings. The second-order valence-electron chi connectivity index (χ2n) is 5.44. The van der Waals surface area contributed by atoms with Crippen molar-refractivity contribution in [3.05, 3.63) is 58.4 Å². The first-order valence-electron chi connectivity index (χ1n) is 7.53. The molecule has 1 aromatic heterocycles. The third-order valence-electron chi connectivity index (χ3n) is 3.89. The molecule has 1 aliphatic rings. The summed E-state index contributed by atoms with van der Waals surface area (Å²) in [6, 6.07) is 10.7. The van der Waals surface area contributed by atoms with Gasteiger partial charge < -0.3 is 10.3 Å². The van der Waals surface area contributed by atoms with E-state index in [4.69, 9.17) is 12.2 Å². The molecule has 2 heterocycles. The van der Waals surface area contributed by atoms with Gasteiger partial charge in [0.1, 0.15) is 4.64 Å². The minimum atomic E-state index is -3.48. The zero-order valence-electron chi connectivity index (χ0n) is 12.9. The van der Waals surface area contributed by atoms with Crippen LogP contribution >= 0.6 is 12.2 Å². The van der Waals surface area contributed by atoms with E-state index in [-0.39, 0.29) is 18.2 Å². The molecule has 2 N–H and O–H groups in total. The van der Waals surface area contributed by atoms with E-state index in [1.165, 1.54) is 4.31 Å². The third kappa shape index (κ3) is 3.34. The molecule has 0 saturated carbocycles. The van der Waals surface area contributed by atoms with Gasteiger partial charge in [0, 0.05) is 19.3 Å². The number of aromatic amines is 1. The van der Waals surface area contributed by atoms with Crippen molar-refractivity contribution < 1.29 is 13.2 Å². The zero-order valence-corrected chi connectivity index (χ0v) is 14.5. The predicted octanol–water partition coefficient (Wildman–Crippen LogP) is 1.87. The van der Waals surface area contributed by atoms with E-state index in [9.17, 15) is 13.2 Å². The first-order chi connectivity index (χ1) is 11.5. The lowest BCUT2D eigenvalue weighted by atomic mass is 10.2. The number of carbonyl (C=O) groups excluding carboxylic acids is 1. The molecule has 0 saturated heterocycles. The first kappa shape index (κ1) is 16.7. The van der Waals surface area contributed by atoms with Crippen molar-refractivity contribution in [1.82, 2.24) is 10.3 Å². The Hall–Kier alpha value is -2.19. The van der Waals surface area contributed by atoms with Crippen molar-refractivity contribution in [3.63, 3.8) is 0 Å². The Balaban J connectivity index is 1.64. The fourth-order valence-electron chi connectivity index (χ4n) is 2.70. The lowest BCUT2D eigenvalue weighted by Crippen LogP contribution is -2.37. The van der Waals surface area contributed by atoms with Crippen molar-refractivity contribution in [3.8, 4) is 0 Å². The Morgan fingerprint density at radius 2 is 2.04 bits per heavy atom. The topological polar surface area (TPSA) is 82.3 Å². The number of sulfonamides is 1. The number of nitrogens with zero attached hydrogens (tertiary/aromatic N) is 1. The lowest BCUT2D eigenvalue weighted by molar-refractivity contribution is 0.0955. The van der Waals surface area contributed by atoms with Crippen molar-refractivity contribution in [1.29, 1.82) is 0 Å². The van der Waals surface area contributed by atoms with Crippen LogP contribution in [-0.4, -0.2) is 38.2 Å². The molecule has 0 radical (unpaired) electrons. The Kier molecular flexibility index (Phi) is 4.68. The van der Waals surface area contributed by atoms with E-state index < -0.39 is 10.0 Å². The molecular formula is C16H17N3O3S2. The van der Waals surface area contributed by atoms with Crippen LogP contribution in [0.25, 0.3) is 0 Å². The van der Waals surface area contributed by atoms with Gasteiger partial charge in [-0.2, -0.15) is 0 Å². The van der Waals surface area contributed by atoms with Crippen LogP contribution in [-0.2, 0) is 16.4 Å². The summed E-state index contributed by atoms with van der Waals surface area (Å²) in [6.07, 6.45) is 2.34. The maximum Gasteiger partial charge on any atom is 0.254 e. The number of anilines is 1. The van der Waals surface area contributed by atoms with Crippen LogP contribution < -0.4 is 9.62 Å². The smallest absolute Gasteiger partial charge is 0.254 e. The number of H-pyrrole nitrogens is 1. The molecular weight excluding hydrogens is 346 g/mol. The summed E-state index contributed by atoms with van der Waals surface area (Å²) in [5.74, 6) is -0.537. The first-order valence-corrected chi connectivity index (χ1v) is 9.55. The number of rotatable bonds is 5. The molecule has 0 unspecified atom stereocenters. The summed E-state index contributed by atoms with van der Waals surface area (Å²) >= 11 is 5.04. The Morgan fingerprint density at radius 1 is 1.25 bits per heavy atom. The molecule has 1 amide bonds. The molecule has 24 heavy (non-hydrogen) atoms. The van der Waals surface area contributed by atoms with E-state index >= 15 is 0 Å². The quantitative estimate of drug-likeness (QED) is 0.795. The van der Waals surface area contributed by atoms with Crippen molar-refractivity contribution in [2.24, 2.45) is 0 Å². The average molecular weight is 363 g/mol. The summed E-state index contributed by atoms with van der Waals surface area (Å²) in [5.41, 5.74) is 2.09. The molecule has 3 rings (SSSR count). The molecule has 6 nitrogen and oxygen atoms in total. The van der Waals surface area contributed by atoms with Gasteiger partial charge in [-0.3, -0.25) is 9.10 Å². The number of carbonyl (C=O) groups is 1. The van der Waals surface area contributed by atoms with Gasteiger partial charge in [0.05, 0.1) is 17.0 Å². The number of fused-ring (bicyclic) bond motifs is 1. The van der Waals surface area contributed by atoms with Gasteiger partial charge in [-0.1, -0.05) is 30.4 Å². The van der Waals surface area contributed by atoms with Crippen LogP contribution in [0.3, 0.4) is 0 Å². The van der Waals surface area contributed by atoms with Crippen LogP contribution in [0.15, 0.2) is 42.6 Å². The van der Waals surface area contributed by atoms with Crippen molar-refractivity contribution in [2.75, 3.05) is 23.1 Å². The number of hydrogen-bond donors (Lipinski definition) is 2. The molecule has 1 aliphatic heterocycles. The fourth-order valence-corrected chi connectivity index (χ4v) is 4.35. The van der Waals surface area contributed by atoms with Gasteiger partial charge in [-0.15, -0.1) is 0 Å². The summed E-state index contributed by atoms with van der Waals surface area (Å²) in [6.45, 7) is 0.475. The highest BCUT2D eigenvalue weighted by molar-refractivity contribution is 7.92. The minimum Gasteiger partial charge on any atom is -0.352 e. The number of para-hydroxylation sites is 1. The summed E-state index contributed by atoms with van der Waals surface area (Å²) in [5, 5.41) is 2.61. The van der Waals surface area contributed by atoms with Crippen LogP contribution in [0.4, 0.5) is 5.69 Å². The number of benzene rings is 1. The van der Waals surface area contributed by atoms with Crippen molar-refractivity contribution >= 4 is 33.8 Å². The van der Waals surface area contributed by atoms with E-state index in [1.54, 1.807) is 18.3 Å².